The normalized spacial score (nSPS) is 13.5. The Morgan fingerprint density at radius 2 is 1.30 bits per heavy atom. The minimum Gasteiger partial charge on any atom is -0.480 e. The number of anilines is 1. The van der Waals surface area contributed by atoms with Gasteiger partial charge in [0.25, 0.3) is 0 Å². The number of benzene rings is 3. The maximum Gasteiger partial charge on any atom is 0.326 e. The van der Waals surface area contributed by atoms with E-state index in [0.717, 1.165) is 16.7 Å². The number of carboxylic acids is 2. The number of hydrogen-bond acceptors (Lipinski definition) is 4. The lowest BCUT2D eigenvalue weighted by Crippen LogP contribution is -2.57. The van der Waals surface area contributed by atoms with E-state index in [0.29, 0.717) is 12.1 Å². The van der Waals surface area contributed by atoms with Crippen LogP contribution < -0.4 is 10.2 Å². The van der Waals surface area contributed by atoms with Gasteiger partial charge in [-0.2, -0.15) is 0 Å². The molecule has 37 heavy (non-hydrogen) atoms. The molecule has 0 aliphatic carbocycles. The van der Waals surface area contributed by atoms with Gasteiger partial charge in [0.2, 0.25) is 5.91 Å². The van der Waals surface area contributed by atoms with Crippen molar-refractivity contribution in [2.45, 2.75) is 51.7 Å². The van der Waals surface area contributed by atoms with Crippen molar-refractivity contribution in [3.8, 4) is 11.1 Å². The molecule has 0 saturated carbocycles. The largest absolute Gasteiger partial charge is 0.480 e. The summed E-state index contributed by atoms with van der Waals surface area (Å²) in [6.07, 6.45) is 0.816. The van der Waals surface area contributed by atoms with Crippen LogP contribution in [0.25, 0.3) is 11.1 Å². The molecule has 0 aromatic heterocycles. The topological polar surface area (TPSA) is 107 Å². The Hall–Kier alpha value is -3.97. The van der Waals surface area contributed by atoms with Gasteiger partial charge < -0.3 is 10.2 Å². The molecule has 0 spiro atoms. The summed E-state index contributed by atoms with van der Waals surface area (Å²) in [4.78, 5) is 39.1. The molecule has 1 unspecified atom stereocenters. The zero-order valence-electron chi connectivity index (χ0n) is 21.4. The van der Waals surface area contributed by atoms with Gasteiger partial charge in [-0.3, -0.25) is 19.8 Å². The molecule has 3 N–H and O–H groups in total. The summed E-state index contributed by atoms with van der Waals surface area (Å²) < 4.78 is 0. The predicted octanol–water partition coefficient (Wildman–Crippen LogP) is 4.86. The van der Waals surface area contributed by atoms with Crippen LogP contribution in [0.2, 0.25) is 0 Å². The van der Waals surface area contributed by atoms with Crippen molar-refractivity contribution in [2.24, 2.45) is 5.92 Å². The number of aryl methyl sites for hydroxylation is 1. The highest BCUT2D eigenvalue weighted by Gasteiger charge is 2.36. The van der Waals surface area contributed by atoms with Crippen LogP contribution in [0.15, 0.2) is 84.9 Å². The maximum absolute atomic E-state index is 13.8. The number of nitrogens with zero attached hydrogens (tertiary/aromatic N) is 1. The van der Waals surface area contributed by atoms with E-state index in [1.165, 1.54) is 11.8 Å². The molecule has 3 aromatic rings. The van der Waals surface area contributed by atoms with Gasteiger partial charge in [0.15, 0.2) is 0 Å². The average molecular weight is 503 g/mol. The fraction of sp³-hybridized carbons (Fsp3) is 0.300. The van der Waals surface area contributed by atoms with E-state index in [-0.39, 0.29) is 12.3 Å². The highest BCUT2D eigenvalue weighted by molar-refractivity contribution is 6.02. The second kappa shape index (κ2) is 12.8. The van der Waals surface area contributed by atoms with Crippen LogP contribution in [0.3, 0.4) is 0 Å². The fourth-order valence-electron chi connectivity index (χ4n) is 4.25. The summed E-state index contributed by atoms with van der Waals surface area (Å²) in [6, 6.07) is 23.4. The Morgan fingerprint density at radius 1 is 0.757 bits per heavy atom. The van der Waals surface area contributed by atoms with Crippen LogP contribution in [0.5, 0.6) is 0 Å². The van der Waals surface area contributed by atoms with E-state index < -0.39 is 36.0 Å². The summed E-state index contributed by atoms with van der Waals surface area (Å²) in [5.41, 5.74) is 3.37. The van der Waals surface area contributed by atoms with Crippen molar-refractivity contribution in [3.63, 3.8) is 0 Å². The maximum atomic E-state index is 13.8. The second-order valence-electron chi connectivity index (χ2n) is 9.44. The van der Waals surface area contributed by atoms with E-state index >= 15 is 0 Å². The van der Waals surface area contributed by atoms with Gasteiger partial charge in [0, 0.05) is 5.69 Å². The van der Waals surface area contributed by atoms with Crippen molar-refractivity contribution in [2.75, 3.05) is 4.90 Å². The summed E-state index contributed by atoms with van der Waals surface area (Å²) in [6.45, 7) is 5.08. The number of carboxylic acid groups (broad SMARTS) is 2. The Morgan fingerprint density at radius 3 is 1.81 bits per heavy atom. The van der Waals surface area contributed by atoms with Crippen LogP contribution in [-0.4, -0.2) is 46.2 Å². The number of nitrogens with one attached hydrogen (secondary N) is 1. The molecule has 0 radical (unpaired) electrons. The molecule has 0 aliphatic rings. The third-order valence-corrected chi connectivity index (χ3v) is 6.41. The molecular formula is C30H34N2O5. The van der Waals surface area contributed by atoms with Gasteiger partial charge >= 0.3 is 11.9 Å². The van der Waals surface area contributed by atoms with E-state index in [1.807, 2.05) is 86.6 Å². The van der Waals surface area contributed by atoms with E-state index in [4.69, 9.17) is 0 Å². The summed E-state index contributed by atoms with van der Waals surface area (Å²) >= 11 is 0. The fourth-order valence-corrected chi connectivity index (χ4v) is 4.25. The minimum absolute atomic E-state index is 0.279. The lowest BCUT2D eigenvalue weighted by molar-refractivity contribution is -0.142. The third kappa shape index (κ3) is 7.27. The van der Waals surface area contributed by atoms with E-state index in [2.05, 4.69) is 5.32 Å². The molecule has 3 aromatic carbocycles. The molecule has 3 atom stereocenters. The van der Waals surface area contributed by atoms with Gasteiger partial charge in [0.1, 0.15) is 12.1 Å². The smallest absolute Gasteiger partial charge is 0.326 e. The SMILES string of the molecule is CC(C)[C@H](NC(CCc1ccccc1)C(=O)O)C(=O)N(c1ccc(-c2ccccc2)cc1)[C@@H](C)C(=O)O. The molecular weight excluding hydrogens is 468 g/mol. The minimum atomic E-state index is -1.15. The molecule has 0 heterocycles. The van der Waals surface area contributed by atoms with Crippen molar-refractivity contribution in [3.05, 3.63) is 90.5 Å². The molecule has 1 amide bonds. The second-order valence-corrected chi connectivity index (χ2v) is 9.44. The number of carbonyl (C=O) groups excluding carboxylic acids is 1. The Kier molecular flexibility index (Phi) is 9.57. The molecule has 0 bridgehead atoms. The van der Waals surface area contributed by atoms with Gasteiger partial charge in [0.05, 0.1) is 6.04 Å². The van der Waals surface area contributed by atoms with Gasteiger partial charge in [-0.05, 0) is 54.5 Å². The number of rotatable bonds is 12. The van der Waals surface area contributed by atoms with Crippen LogP contribution in [-0.2, 0) is 20.8 Å². The van der Waals surface area contributed by atoms with E-state index in [1.54, 1.807) is 12.1 Å². The van der Waals surface area contributed by atoms with E-state index in [9.17, 15) is 24.6 Å². The zero-order chi connectivity index (χ0) is 26.9. The Labute approximate surface area is 217 Å². The first-order chi connectivity index (χ1) is 17.7. The lowest BCUT2D eigenvalue weighted by atomic mass is 9.98. The van der Waals surface area contributed by atoms with Gasteiger partial charge in [-0.15, -0.1) is 0 Å². The first kappa shape index (κ1) is 27.6. The standard InChI is InChI=1S/C30H34N2O5/c1-20(2)27(31-26(30(36)37)19-14-22-10-6-4-7-11-22)28(33)32(21(3)29(34)35)25-17-15-24(16-18-25)23-12-8-5-9-13-23/h4-13,15-18,20-21,26-27,31H,14,19H2,1-3H3,(H,34,35)(H,36,37)/t21-,26?,27-/m0/s1. The van der Waals surface area contributed by atoms with Gasteiger partial charge in [-0.25, -0.2) is 4.79 Å². The van der Waals surface area contributed by atoms with Crippen molar-refractivity contribution >= 4 is 23.5 Å². The number of carbonyl (C=O) groups is 3. The summed E-state index contributed by atoms with van der Waals surface area (Å²) in [5, 5.41) is 22.7. The average Bonchev–Trinajstić information content (AvgIpc) is 2.89. The van der Waals surface area contributed by atoms with Crippen LogP contribution >= 0.6 is 0 Å². The monoisotopic (exact) mass is 502 g/mol. The highest BCUT2D eigenvalue weighted by atomic mass is 16.4. The molecule has 194 valence electrons. The Balaban J connectivity index is 1.87. The summed E-state index contributed by atoms with van der Waals surface area (Å²) in [7, 11) is 0. The van der Waals surface area contributed by atoms with Gasteiger partial charge in [-0.1, -0.05) is 86.6 Å². The predicted molar refractivity (Wildman–Crippen MR) is 144 cm³/mol. The van der Waals surface area contributed by atoms with Crippen LogP contribution in [0.1, 0.15) is 32.8 Å². The van der Waals surface area contributed by atoms with Crippen LogP contribution in [0, 0.1) is 5.92 Å². The number of aliphatic carboxylic acids is 2. The summed E-state index contributed by atoms with van der Waals surface area (Å²) in [5.74, 6) is -2.97. The first-order valence-corrected chi connectivity index (χ1v) is 12.4. The molecule has 0 fully saturated rings. The molecule has 3 rings (SSSR count). The molecule has 0 aliphatic heterocycles. The molecule has 7 heteroatoms. The van der Waals surface area contributed by atoms with Crippen molar-refractivity contribution < 1.29 is 24.6 Å². The Bertz CT molecular complexity index is 1180. The zero-order valence-corrected chi connectivity index (χ0v) is 21.4. The lowest BCUT2D eigenvalue weighted by Gasteiger charge is -2.34. The number of hydrogen-bond donors (Lipinski definition) is 3. The quantitative estimate of drug-likeness (QED) is 0.327. The third-order valence-electron chi connectivity index (χ3n) is 6.41. The van der Waals surface area contributed by atoms with Crippen molar-refractivity contribution in [1.82, 2.24) is 5.32 Å². The first-order valence-electron chi connectivity index (χ1n) is 12.4. The molecule has 0 saturated heterocycles. The van der Waals surface area contributed by atoms with Crippen molar-refractivity contribution in [1.29, 1.82) is 0 Å². The van der Waals surface area contributed by atoms with Crippen LogP contribution in [0.4, 0.5) is 5.69 Å². The number of amides is 1. The molecule has 7 nitrogen and oxygen atoms in total. The highest BCUT2D eigenvalue weighted by Crippen LogP contribution is 2.26.